The van der Waals surface area contributed by atoms with Crippen molar-refractivity contribution in [3.63, 3.8) is 0 Å². The van der Waals surface area contributed by atoms with Crippen LogP contribution in [-0.2, 0) is 0 Å². The maximum Gasteiger partial charge on any atom is 0.182 e. The van der Waals surface area contributed by atoms with E-state index in [4.69, 9.17) is 0 Å². The topological polar surface area (TPSA) is 47.0 Å². The van der Waals surface area contributed by atoms with Gasteiger partial charge in [0, 0.05) is 18.2 Å². The predicted octanol–water partition coefficient (Wildman–Crippen LogP) is 4.63. The molecule has 3 rings (SSSR count). The Morgan fingerprint density at radius 3 is 2.20 bits per heavy atom. The number of Topliss-reactive ketones (excluding diaryl/α,β-unsaturated/α-hetero) is 2. The Hall–Kier alpha value is -3.07. The van der Waals surface area contributed by atoms with E-state index in [1.165, 1.54) is 0 Å². The third-order valence-electron chi connectivity index (χ3n) is 4.19. The SMILES string of the molecule is Cc1ccc(C(=O)C(CC(=O)c2ccccn2)c2ccccc2)cc1. The van der Waals surface area contributed by atoms with Crippen LogP contribution in [0.2, 0.25) is 0 Å². The predicted molar refractivity (Wildman–Crippen MR) is 97.9 cm³/mol. The molecule has 3 aromatic rings. The molecule has 25 heavy (non-hydrogen) atoms. The second kappa shape index (κ2) is 7.67. The second-order valence-electron chi connectivity index (χ2n) is 6.04. The van der Waals surface area contributed by atoms with E-state index in [1.54, 1.807) is 24.4 Å². The van der Waals surface area contributed by atoms with Gasteiger partial charge in [0.25, 0.3) is 0 Å². The summed E-state index contributed by atoms with van der Waals surface area (Å²) < 4.78 is 0. The lowest BCUT2D eigenvalue weighted by Gasteiger charge is -2.16. The number of aromatic nitrogens is 1. The third-order valence-corrected chi connectivity index (χ3v) is 4.19. The number of rotatable bonds is 6. The molecule has 1 unspecified atom stereocenters. The molecule has 0 spiro atoms. The minimum absolute atomic E-state index is 0.0459. The number of hydrogen-bond donors (Lipinski definition) is 0. The molecule has 1 atom stereocenters. The number of nitrogens with zero attached hydrogens (tertiary/aromatic N) is 1. The maximum absolute atomic E-state index is 13.1. The van der Waals surface area contributed by atoms with E-state index < -0.39 is 5.92 Å². The van der Waals surface area contributed by atoms with Gasteiger partial charge in [-0.2, -0.15) is 0 Å². The van der Waals surface area contributed by atoms with Crippen LogP contribution in [0.25, 0.3) is 0 Å². The molecule has 0 N–H and O–H groups in total. The summed E-state index contributed by atoms with van der Waals surface area (Å²) in [5.41, 5.74) is 2.95. The molecule has 124 valence electrons. The first-order valence-corrected chi connectivity index (χ1v) is 8.25. The standard InChI is InChI=1S/C22H19NO2/c1-16-10-12-18(13-11-16)22(25)19(17-7-3-2-4-8-17)15-21(24)20-9-5-6-14-23-20/h2-14,19H,15H2,1H3. The van der Waals surface area contributed by atoms with Crippen LogP contribution in [0.4, 0.5) is 0 Å². The Bertz CT molecular complexity index is 856. The van der Waals surface area contributed by atoms with E-state index in [0.717, 1.165) is 11.1 Å². The van der Waals surface area contributed by atoms with Crippen molar-refractivity contribution in [3.05, 3.63) is 101 Å². The molecule has 0 aliphatic heterocycles. The van der Waals surface area contributed by atoms with Gasteiger partial charge in [-0.3, -0.25) is 14.6 Å². The fourth-order valence-electron chi connectivity index (χ4n) is 2.78. The largest absolute Gasteiger partial charge is 0.293 e. The average Bonchev–Trinajstić information content (AvgIpc) is 2.67. The van der Waals surface area contributed by atoms with Gasteiger partial charge in [-0.1, -0.05) is 66.2 Å². The van der Waals surface area contributed by atoms with E-state index in [0.29, 0.717) is 11.3 Å². The fourth-order valence-corrected chi connectivity index (χ4v) is 2.78. The molecule has 0 aliphatic carbocycles. The Labute approximate surface area is 147 Å². The first-order valence-electron chi connectivity index (χ1n) is 8.25. The zero-order valence-electron chi connectivity index (χ0n) is 14.1. The lowest BCUT2D eigenvalue weighted by Crippen LogP contribution is -2.18. The van der Waals surface area contributed by atoms with Gasteiger partial charge in [-0.15, -0.1) is 0 Å². The van der Waals surface area contributed by atoms with Crippen molar-refractivity contribution in [2.24, 2.45) is 0 Å². The van der Waals surface area contributed by atoms with E-state index in [-0.39, 0.29) is 18.0 Å². The summed E-state index contributed by atoms with van der Waals surface area (Å²) in [5, 5.41) is 0. The molecule has 3 heteroatoms. The average molecular weight is 329 g/mol. The van der Waals surface area contributed by atoms with Crippen molar-refractivity contribution in [3.8, 4) is 0 Å². The van der Waals surface area contributed by atoms with Gasteiger partial charge in [0.1, 0.15) is 5.69 Å². The van der Waals surface area contributed by atoms with Gasteiger partial charge in [0.2, 0.25) is 0 Å². The summed E-state index contributed by atoms with van der Waals surface area (Å²) in [4.78, 5) is 29.8. The van der Waals surface area contributed by atoms with Crippen LogP contribution < -0.4 is 0 Å². The Morgan fingerprint density at radius 1 is 0.880 bits per heavy atom. The number of carbonyl (C=O) groups excluding carboxylic acids is 2. The van der Waals surface area contributed by atoms with Crippen molar-refractivity contribution >= 4 is 11.6 Å². The van der Waals surface area contributed by atoms with Crippen molar-refractivity contribution in [1.82, 2.24) is 4.98 Å². The van der Waals surface area contributed by atoms with Crippen LogP contribution in [-0.4, -0.2) is 16.6 Å². The van der Waals surface area contributed by atoms with E-state index in [9.17, 15) is 9.59 Å². The summed E-state index contributed by atoms with van der Waals surface area (Å²) in [6, 6.07) is 22.1. The highest BCUT2D eigenvalue weighted by atomic mass is 16.1. The summed E-state index contributed by atoms with van der Waals surface area (Å²) in [6.07, 6.45) is 1.69. The molecule has 1 heterocycles. The quantitative estimate of drug-likeness (QED) is 0.619. The second-order valence-corrected chi connectivity index (χ2v) is 6.04. The van der Waals surface area contributed by atoms with E-state index in [1.807, 2.05) is 61.5 Å². The fraction of sp³-hybridized carbons (Fsp3) is 0.136. The Kier molecular flexibility index (Phi) is 5.14. The van der Waals surface area contributed by atoms with Gasteiger partial charge >= 0.3 is 0 Å². The molecule has 0 fully saturated rings. The smallest absolute Gasteiger partial charge is 0.182 e. The highest BCUT2D eigenvalue weighted by Crippen LogP contribution is 2.26. The van der Waals surface area contributed by atoms with Gasteiger partial charge in [-0.25, -0.2) is 0 Å². The van der Waals surface area contributed by atoms with E-state index >= 15 is 0 Å². The highest BCUT2D eigenvalue weighted by molar-refractivity contribution is 6.05. The lowest BCUT2D eigenvalue weighted by molar-refractivity contribution is 0.0891. The first-order chi connectivity index (χ1) is 12.1. The molecule has 3 nitrogen and oxygen atoms in total. The molecule has 0 saturated heterocycles. The minimum atomic E-state index is -0.515. The molecule has 0 bridgehead atoms. The Balaban J connectivity index is 1.91. The molecule has 0 saturated carbocycles. The third kappa shape index (κ3) is 4.07. The van der Waals surface area contributed by atoms with Crippen LogP contribution >= 0.6 is 0 Å². The van der Waals surface area contributed by atoms with E-state index in [2.05, 4.69) is 4.98 Å². The van der Waals surface area contributed by atoms with Crippen LogP contribution in [0.15, 0.2) is 79.0 Å². The van der Waals surface area contributed by atoms with Crippen LogP contribution in [0.5, 0.6) is 0 Å². The van der Waals surface area contributed by atoms with Crippen molar-refractivity contribution in [2.75, 3.05) is 0 Å². The van der Waals surface area contributed by atoms with Gasteiger partial charge in [-0.05, 0) is 24.6 Å². The summed E-state index contributed by atoms with van der Waals surface area (Å²) in [7, 11) is 0. The number of hydrogen-bond acceptors (Lipinski definition) is 3. The monoisotopic (exact) mass is 329 g/mol. The van der Waals surface area contributed by atoms with Crippen LogP contribution in [0, 0.1) is 6.92 Å². The summed E-state index contributed by atoms with van der Waals surface area (Å²) in [6.45, 7) is 1.98. The Morgan fingerprint density at radius 2 is 1.56 bits per heavy atom. The number of ketones is 2. The highest BCUT2D eigenvalue weighted by Gasteiger charge is 2.25. The van der Waals surface area contributed by atoms with Crippen LogP contribution in [0.3, 0.4) is 0 Å². The van der Waals surface area contributed by atoms with Gasteiger partial charge in [0.15, 0.2) is 11.6 Å². The zero-order valence-corrected chi connectivity index (χ0v) is 14.1. The zero-order chi connectivity index (χ0) is 17.6. The normalized spacial score (nSPS) is 11.7. The molecular weight excluding hydrogens is 310 g/mol. The molecular formula is C22H19NO2. The first kappa shape index (κ1) is 16.8. The molecule has 2 aromatic carbocycles. The molecule has 0 amide bonds. The number of pyridine rings is 1. The maximum atomic E-state index is 13.1. The van der Waals surface area contributed by atoms with Gasteiger partial charge < -0.3 is 0 Å². The minimum Gasteiger partial charge on any atom is -0.293 e. The van der Waals surface area contributed by atoms with Crippen molar-refractivity contribution < 1.29 is 9.59 Å². The molecule has 0 aliphatic rings. The molecule has 1 aromatic heterocycles. The lowest BCUT2D eigenvalue weighted by atomic mass is 9.86. The summed E-state index contributed by atoms with van der Waals surface area (Å²) in [5.74, 6) is -0.691. The number of benzene rings is 2. The van der Waals surface area contributed by atoms with Gasteiger partial charge in [0.05, 0.1) is 5.92 Å². The van der Waals surface area contributed by atoms with Crippen molar-refractivity contribution in [1.29, 1.82) is 0 Å². The number of carbonyl (C=O) groups is 2. The molecule has 0 radical (unpaired) electrons. The van der Waals surface area contributed by atoms with Crippen LogP contribution in [0.1, 0.15) is 44.3 Å². The van der Waals surface area contributed by atoms with Crippen molar-refractivity contribution in [2.45, 2.75) is 19.3 Å². The number of aryl methyl sites for hydroxylation is 1. The summed E-state index contributed by atoms with van der Waals surface area (Å²) >= 11 is 0.